The highest BCUT2D eigenvalue weighted by molar-refractivity contribution is 6.31. The van der Waals surface area contributed by atoms with Crippen molar-refractivity contribution in [3.05, 3.63) is 16.9 Å². The van der Waals surface area contributed by atoms with E-state index in [1.54, 1.807) is 6.20 Å². The Morgan fingerprint density at radius 1 is 1.37 bits per heavy atom. The molecule has 106 valence electrons. The Kier molecular flexibility index (Phi) is 3.58. The molecule has 3 N–H and O–H groups in total. The van der Waals surface area contributed by atoms with Gasteiger partial charge in [0.1, 0.15) is 0 Å². The normalized spacial score (nSPS) is 31.3. The molecule has 5 heteroatoms. The van der Waals surface area contributed by atoms with Crippen LogP contribution in [0.4, 0.5) is 0 Å². The smallest absolute Gasteiger partial charge is 0.0834 e. The molecule has 0 bridgehead atoms. The predicted octanol–water partition coefficient (Wildman–Crippen LogP) is 3.06. The summed E-state index contributed by atoms with van der Waals surface area (Å²) >= 11 is 6.35. The number of hydrogen-bond acceptors (Lipinski definition) is 3. The molecule has 19 heavy (non-hydrogen) atoms. The molecule has 3 atom stereocenters. The number of nitrogens with two attached hydrogens (primary N) is 1. The van der Waals surface area contributed by atoms with Crippen LogP contribution < -0.4 is 11.3 Å². The van der Waals surface area contributed by atoms with Gasteiger partial charge in [-0.15, -0.1) is 0 Å². The van der Waals surface area contributed by atoms with E-state index in [4.69, 9.17) is 17.4 Å². The number of aromatic nitrogens is 2. The predicted molar refractivity (Wildman–Crippen MR) is 76.6 cm³/mol. The first kappa shape index (κ1) is 13.4. The number of fused-ring (bicyclic) bond motifs is 1. The molecular formula is C14H23ClN4. The number of hydrazine groups is 1. The number of rotatable bonds is 4. The highest BCUT2D eigenvalue weighted by Crippen LogP contribution is 2.60. The van der Waals surface area contributed by atoms with Gasteiger partial charge in [-0.3, -0.25) is 16.0 Å². The van der Waals surface area contributed by atoms with E-state index in [-0.39, 0.29) is 6.04 Å². The molecule has 0 amide bonds. The summed E-state index contributed by atoms with van der Waals surface area (Å²) in [5, 5.41) is 5.14. The summed E-state index contributed by atoms with van der Waals surface area (Å²) in [5.74, 6) is 8.15. The van der Waals surface area contributed by atoms with Crippen LogP contribution in [0.5, 0.6) is 0 Å². The van der Waals surface area contributed by atoms with Crippen LogP contribution in [0, 0.1) is 17.8 Å². The monoisotopic (exact) mass is 282 g/mol. The van der Waals surface area contributed by atoms with Gasteiger partial charge in [0.2, 0.25) is 0 Å². The maximum Gasteiger partial charge on any atom is 0.0834 e. The Bertz CT molecular complexity index is 444. The molecule has 0 radical (unpaired) electrons. The summed E-state index contributed by atoms with van der Waals surface area (Å²) in [6, 6.07) is 0.449. The first-order valence-electron chi connectivity index (χ1n) is 7.34. The Balaban J connectivity index is 1.89. The third kappa shape index (κ3) is 2.20. The van der Waals surface area contributed by atoms with E-state index < -0.39 is 0 Å². The zero-order chi connectivity index (χ0) is 13.6. The second-order valence-corrected chi connectivity index (χ2v) is 6.66. The Hall–Kier alpha value is -0.580. The fourth-order valence-corrected chi connectivity index (χ4v) is 4.22. The molecule has 0 saturated heterocycles. The van der Waals surface area contributed by atoms with Crippen molar-refractivity contribution in [2.24, 2.45) is 23.6 Å². The number of nitrogens with zero attached hydrogens (tertiary/aromatic N) is 2. The van der Waals surface area contributed by atoms with Gasteiger partial charge in [0.15, 0.2) is 0 Å². The van der Waals surface area contributed by atoms with Gasteiger partial charge >= 0.3 is 0 Å². The second kappa shape index (κ2) is 5.08. The number of hydrogen-bond donors (Lipinski definition) is 2. The lowest BCUT2D eigenvalue weighted by molar-refractivity contribution is 0.400. The summed E-state index contributed by atoms with van der Waals surface area (Å²) < 4.78 is 2.01. The van der Waals surface area contributed by atoms with Gasteiger partial charge in [0, 0.05) is 6.04 Å². The van der Waals surface area contributed by atoms with Crippen LogP contribution >= 0.6 is 11.6 Å². The van der Waals surface area contributed by atoms with Gasteiger partial charge in [-0.2, -0.15) is 5.10 Å². The van der Waals surface area contributed by atoms with Crippen molar-refractivity contribution in [1.82, 2.24) is 15.2 Å². The number of halogens is 1. The van der Waals surface area contributed by atoms with Gasteiger partial charge in [0.05, 0.1) is 23.0 Å². The minimum absolute atomic E-state index is 0.144. The van der Waals surface area contributed by atoms with Crippen molar-refractivity contribution in [3.8, 4) is 0 Å². The molecule has 2 fully saturated rings. The van der Waals surface area contributed by atoms with Gasteiger partial charge in [-0.05, 0) is 44.4 Å². The van der Waals surface area contributed by atoms with Crippen molar-refractivity contribution < 1.29 is 0 Å². The maximum atomic E-state index is 6.35. The van der Waals surface area contributed by atoms with Crippen LogP contribution in [0.25, 0.3) is 0 Å². The lowest BCUT2D eigenvalue weighted by Gasteiger charge is -2.20. The van der Waals surface area contributed by atoms with E-state index in [1.165, 1.54) is 25.7 Å². The minimum Gasteiger partial charge on any atom is -0.271 e. The fraction of sp³-hybridized carbons (Fsp3) is 0.786. The van der Waals surface area contributed by atoms with Gasteiger partial charge < -0.3 is 0 Å². The van der Waals surface area contributed by atoms with Crippen molar-refractivity contribution in [3.63, 3.8) is 0 Å². The van der Waals surface area contributed by atoms with Crippen LogP contribution in [-0.4, -0.2) is 9.78 Å². The average Bonchev–Trinajstić information content (AvgIpc) is 2.99. The van der Waals surface area contributed by atoms with Crippen LogP contribution in [0.2, 0.25) is 5.02 Å². The average molecular weight is 283 g/mol. The lowest BCUT2D eigenvalue weighted by Crippen LogP contribution is -2.32. The van der Waals surface area contributed by atoms with E-state index in [1.807, 2.05) is 4.68 Å². The first-order valence-corrected chi connectivity index (χ1v) is 7.72. The van der Waals surface area contributed by atoms with E-state index in [0.717, 1.165) is 22.6 Å². The molecule has 2 aliphatic rings. The number of nitrogens with one attached hydrogen (secondary N) is 1. The second-order valence-electron chi connectivity index (χ2n) is 6.25. The van der Waals surface area contributed by atoms with E-state index >= 15 is 0 Å². The Labute approximate surface area is 119 Å². The quantitative estimate of drug-likeness (QED) is 0.659. The molecular weight excluding hydrogens is 260 g/mol. The standard InChI is InChI=1S/C14H23ClN4/c1-8(2)19-14(11(15)7-17-19)13(18-16)12-9-5-3-4-6-10(9)12/h7-10,12-13,18H,3-6,16H2,1-2H3. The minimum atomic E-state index is 0.144. The maximum absolute atomic E-state index is 6.35. The Morgan fingerprint density at radius 2 is 2.00 bits per heavy atom. The SMILES string of the molecule is CC(C)n1ncc(Cl)c1C(NN)C1C2CCCCC21. The molecule has 3 rings (SSSR count). The molecule has 2 aliphatic carbocycles. The van der Waals surface area contributed by atoms with Crippen molar-refractivity contribution >= 4 is 11.6 Å². The van der Waals surface area contributed by atoms with Crippen LogP contribution in [-0.2, 0) is 0 Å². The molecule has 1 heterocycles. The zero-order valence-electron chi connectivity index (χ0n) is 11.6. The van der Waals surface area contributed by atoms with Gasteiger partial charge in [0.25, 0.3) is 0 Å². The largest absolute Gasteiger partial charge is 0.271 e. The van der Waals surface area contributed by atoms with Crippen molar-refractivity contribution in [1.29, 1.82) is 0 Å². The lowest BCUT2D eigenvalue weighted by atomic mass is 10.0. The zero-order valence-corrected chi connectivity index (χ0v) is 12.4. The summed E-state index contributed by atoms with van der Waals surface area (Å²) in [6.45, 7) is 4.25. The molecule has 2 saturated carbocycles. The molecule has 4 nitrogen and oxygen atoms in total. The summed E-state index contributed by atoms with van der Waals surface area (Å²) in [5.41, 5.74) is 4.08. The highest BCUT2D eigenvalue weighted by atomic mass is 35.5. The van der Waals surface area contributed by atoms with E-state index in [2.05, 4.69) is 24.4 Å². The Morgan fingerprint density at radius 3 is 2.53 bits per heavy atom. The molecule has 3 unspecified atom stereocenters. The third-order valence-corrected chi connectivity index (χ3v) is 5.15. The summed E-state index contributed by atoms with van der Waals surface area (Å²) in [4.78, 5) is 0. The van der Waals surface area contributed by atoms with Gasteiger partial charge in [-0.1, -0.05) is 24.4 Å². The van der Waals surface area contributed by atoms with E-state index in [0.29, 0.717) is 12.0 Å². The molecule has 0 aromatic carbocycles. The molecule has 1 aromatic heterocycles. The molecule has 0 aliphatic heterocycles. The summed E-state index contributed by atoms with van der Waals surface area (Å²) in [6.07, 6.45) is 7.17. The topological polar surface area (TPSA) is 55.9 Å². The van der Waals surface area contributed by atoms with Crippen molar-refractivity contribution in [2.75, 3.05) is 0 Å². The first-order chi connectivity index (χ1) is 9.15. The molecule has 0 spiro atoms. The highest BCUT2D eigenvalue weighted by Gasteiger charge is 2.55. The molecule has 1 aromatic rings. The van der Waals surface area contributed by atoms with Crippen LogP contribution in [0.3, 0.4) is 0 Å². The van der Waals surface area contributed by atoms with E-state index in [9.17, 15) is 0 Å². The van der Waals surface area contributed by atoms with Crippen molar-refractivity contribution in [2.45, 2.75) is 51.6 Å². The van der Waals surface area contributed by atoms with Crippen LogP contribution in [0.1, 0.15) is 57.3 Å². The van der Waals surface area contributed by atoms with Gasteiger partial charge in [-0.25, -0.2) is 0 Å². The van der Waals surface area contributed by atoms with Crippen LogP contribution in [0.15, 0.2) is 6.20 Å². The third-order valence-electron chi connectivity index (χ3n) is 4.86. The fourth-order valence-electron chi connectivity index (χ4n) is 3.97. The summed E-state index contributed by atoms with van der Waals surface area (Å²) in [7, 11) is 0.